The van der Waals surface area contributed by atoms with Crippen molar-refractivity contribution < 1.29 is 4.74 Å². The van der Waals surface area contributed by atoms with Crippen molar-refractivity contribution in [1.29, 1.82) is 0 Å². The zero-order valence-electron chi connectivity index (χ0n) is 14.6. The van der Waals surface area contributed by atoms with Crippen LogP contribution in [0.3, 0.4) is 0 Å². The lowest BCUT2D eigenvalue weighted by atomic mass is 9.96. The van der Waals surface area contributed by atoms with E-state index >= 15 is 0 Å². The Labute approximate surface area is 158 Å². The van der Waals surface area contributed by atoms with Gasteiger partial charge in [-0.1, -0.05) is 60.1 Å². The summed E-state index contributed by atoms with van der Waals surface area (Å²) in [6.45, 7) is 3.39. The maximum Gasteiger partial charge on any atom is 0.119 e. The predicted octanol–water partition coefficient (Wildman–Crippen LogP) is 6.66. The van der Waals surface area contributed by atoms with E-state index < -0.39 is 0 Å². The largest absolute Gasteiger partial charge is 0.494 e. The quantitative estimate of drug-likeness (QED) is 0.401. The van der Waals surface area contributed by atoms with E-state index in [0.717, 1.165) is 33.8 Å². The molecular weight excluding hydrogens is 342 g/mol. The SMILES string of the molecule is CCOc1ccc(NCc2c3ccccc3c(Cl)c3ccccc23)cc1. The molecule has 0 unspecified atom stereocenters. The first-order valence-corrected chi connectivity index (χ1v) is 9.20. The average molecular weight is 362 g/mol. The lowest BCUT2D eigenvalue weighted by Crippen LogP contribution is -2.02. The number of nitrogens with one attached hydrogen (secondary N) is 1. The maximum absolute atomic E-state index is 6.68. The molecule has 1 N–H and O–H groups in total. The molecule has 0 heterocycles. The molecule has 0 amide bonds. The first-order valence-electron chi connectivity index (χ1n) is 8.82. The molecule has 4 aromatic carbocycles. The van der Waals surface area contributed by atoms with Crippen LogP contribution in [0, 0.1) is 0 Å². The summed E-state index contributed by atoms with van der Waals surface area (Å²) in [6.07, 6.45) is 0. The monoisotopic (exact) mass is 361 g/mol. The summed E-state index contributed by atoms with van der Waals surface area (Å²) < 4.78 is 5.51. The van der Waals surface area contributed by atoms with Gasteiger partial charge in [-0.25, -0.2) is 0 Å². The lowest BCUT2D eigenvalue weighted by molar-refractivity contribution is 0.340. The Kier molecular flexibility index (Phi) is 4.68. The Morgan fingerprint density at radius 2 is 1.31 bits per heavy atom. The molecule has 0 saturated heterocycles. The number of hydrogen-bond acceptors (Lipinski definition) is 2. The highest BCUT2D eigenvalue weighted by atomic mass is 35.5. The zero-order chi connectivity index (χ0) is 17.9. The van der Waals surface area contributed by atoms with Crippen LogP contribution in [0.25, 0.3) is 21.5 Å². The Morgan fingerprint density at radius 3 is 1.85 bits per heavy atom. The molecule has 0 aliphatic carbocycles. The molecule has 4 aromatic rings. The molecule has 3 heteroatoms. The predicted molar refractivity (Wildman–Crippen MR) is 111 cm³/mol. The minimum atomic E-state index is 0.676. The molecule has 26 heavy (non-hydrogen) atoms. The minimum absolute atomic E-state index is 0.676. The summed E-state index contributed by atoms with van der Waals surface area (Å²) in [6, 6.07) is 24.7. The molecule has 130 valence electrons. The standard InChI is InChI=1S/C23H20ClNO/c1-2-26-17-13-11-16(12-14-17)25-15-22-18-7-3-5-9-20(18)23(24)21-10-6-4-8-19(21)22/h3-14,25H,2,15H2,1H3. The minimum Gasteiger partial charge on any atom is -0.494 e. The third-order valence-electron chi connectivity index (χ3n) is 4.61. The van der Waals surface area contributed by atoms with E-state index in [1.54, 1.807) is 0 Å². The maximum atomic E-state index is 6.68. The van der Waals surface area contributed by atoms with Gasteiger partial charge >= 0.3 is 0 Å². The van der Waals surface area contributed by atoms with Crippen LogP contribution in [-0.2, 0) is 6.54 Å². The third kappa shape index (κ3) is 3.09. The van der Waals surface area contributed by atoms with Crippen molar-refractivity contribution in [3.8, 4) is 5.75 Å². The Balaban J connectivity index is 1.74. The number of ether oxygens (including phenoxy) is 1. The molecule has 0 radical (unpaired) electrons. The van der Waals surface area contributed by atoms with Crippen LogP contribution < -0.4 is 10.1 Å². The molecule has 0 aromatic heterocycles. The summed E-state index contributed by atoms with van der Waals surface area (Å²) in [5.41, 5.74) is 2.33. The van der Waals surface area contributed by atoms with Gasteiger partial charge in [-0.2, -0.15) is 0 Å². The average Bonchev–Trinajstić information content (AvgIpc) is 2.69. The van der Waals surface area contributed by atoms with Crippen LogP contribution >= 0.6 is 11.6 Å². The highest BCUT2D eigenvalue weighted by molar-refractivity contribution is 6.41. The van der Waals surface area contributed by atoms with Crippen molar-refractivity contribution in [2.75, 3.05) is 11.9 Å². The molecule has 0 fully saturated rings. The number of rotatable bonds is 5. The van der Waals surface area contributed by atoms with Crippen LogP contribution in [0.5, 0.6) is 5.75 Å². The normalized spacial score (nSPS) is 11.0. The van der Waals surface area contributed by atoms with E-state index in [9.17, 15) is 0 Å². The van der Waals surface area contributed by atoms with Gasteiger partial charge in [0.1, 0.15) is 5.75 Å². The first kappa shape index (κ1) is 16.7. The third-order valence-corrected chi connectivity index (χ3v) is 5.02. The van der Waals surface area contributed by atoms with Crippen molar-refractivity contribution in [2.24, 2.45) is 0 Å². The Hall–Kier alpha value is -2.71. The molecule has 0 spiro atoms. The van der Waals surface area contributed by atoms with E-state index in [2.05, 4.69) is 41.7 Å². The van der Waals surface area contributed by atoms with E-state index in [-0.39, 0.29) is 0 Å². The van der Waals surface area contributed by atoms with Crippen LogP contribution in [0.15, 0.2) is 72.8 Å². The smallest absolute Gasteiger partial charge is 0.119 e. The second kappa shape index (κ2) is 7.27. The summed E-state index contributed by atoms with van der Waals surface area (Å²) >= 11 is 6.68. The summed E-state index contributed by atoms with van der Waals surface area (Å²) in [7, 11) is 0. The highest BCUT2D eigenvalue weighted by Gasteiger charge is 2.11. The summed E-state index contributed by atoms with van der Waals surface area (Å²) in [5, 5.41) is 8.92. The van der Waals surface area contributed by atoms with Crippen molar-refractivity contribution in [2.45, 2.75) is 13.5 Å². The van der Waals surface area contributed by atoms with Crippen LogP contribution in [0.2, 0.25) is 5.02 Å². The van der Waals surface area contributed by atoms with Gasteiger partial charge in [-0.3, -0.25) is 0 Å². The lowest BCUT2D eigenvalue weighted by Gasteiger charge is -2.15. The van der Waals surface area contributed by atoms with Crippen molar-refractivity contribution >= 4 is 38.8 Å². The fourth-order valence-electron chi connectivity index (χ4n) is 3.38. The van der Waals surface area contributed by atoms with E-state index in [0.29, 0.717) is 6.61 Å². The fourth-order valence-corrected chi connectivity index (χ4v) is 3.71. The highest BCUT2D eigenvalue weighted by Crippen LogP contribution is 2.36. The number of fused-ring (bicyclic) bond motifs is 2. The van der Waals surface area contributed by atoms with Gasteiger partial charge in [0.15, 0.2) is 0 Å². The first-order chi connectivity index (χ1) is 12.8. The molecule has 0 bridgehead atoms. The van der Waals surface area contributed by atoms with Gasteiger partial charge < -0.3 is 10.1 Å². The van der Waals surface area contributed by atoms with Crippen molar-refractivity contribution in [3.63, 3.8) is 0 Å². The van der Waals surface area contributed by atoms with Gasteiger partial charge in [0.25, 0.3) is 0 Å². The van der Waals surface area contributed by atoms with Gasteiger partial charge in [-0.05, 0) is 47.5 Å². The van der Waals surface area contributed by atoms with E-state index in [4.69, 9.17) is 16.3 Å². The zero-order valence-corrected chi connectivity index (χ0v) is 15.4. The molecule has 0 aliphatic heterocycles. The van der Waals surface area contributed by atoms with Gasteiger partial charge in [0.2, 0.25) is 0 Å². The Bertz CT molecular complexity index is 1000. The summed E-state index contributed by atoms with van der Waals surface area (Å²) in [5.74, 6) is 0.889. The number of halogens is 1. The second-order valence-corrected chi connectivity index (χ2v) is 6.57. The molecule has 0 aliphatic rings. The number of benzene rings is 4. The molecule has 4 rings (SSSR count). The van der Waals surface area contributed by atoms with Crippen LogP contribution in [0.4, 0.5) is 5.69 Å². The summed E-state index contributed by atoms with van der Waals surface area (Å²) in [4.78, 5) is 0. The van der Waals surface area contributed by atoms with E-state index in [1.165, 1.54) is 16.3 Å². The van der Waals surface area contributed by atoms with Crippen molar-refractivity contribution in [1.82, 2.24) is 0 Å². The molecule has 0 saturated carbocycles. The van der Waals surface area contributed by atoms with Crippen LogP contribution in [0.1, 0.15) is 12.5 Å². The molecule has 2 nitrogen and oxygen atoms in total. The molecular formula is C23H20ClNO. The molecule has 0 atom stereocenters. The number of hydrogen-bond donors (Lipinski definition) is 1. The van der Waals surface area contributed by atoms with Gasteiger partial charge in [0, 0.05) is 23.0 Å². The Morgan fingerprint density at radius 1 is 0.769 bits per heavy atom. The topological polar surface area (TPSA) is 21.3 Å². The van der Waals surface area contributed by atoms with Crippen LogP contribution in [-0.4, -0.2) is 6.61 Å². The number of anilines is 1. The van der Waals surface area contributed by atoms with E-state index in [1.807, 2.05) is 43.3 Å². The van der Waals surface area contributed by atoms with Crippen molar-refractivity contribution in [3.05, 3.63) is 83.4 Å². The fraction of sp³-hybridized carbons (Fsp3) is 0.130. The van der Waals surface area contributed by atoms with Gasteiger partial charge in [-0.15, -0.1) is 0 Å². The second-order valence-electron chi connectivity index (χ2n) is 6.19. The van der Waals surface area contributed by atoms with Gasteiger partial charge in [0.05, 0.1) is 11.6 Å².